The fourth-order valence-electron chi connectivity index (χ4n) is 7.30. The fourth-order valence-corrected chi connectivity index (χ4v) is 7.30. The number of benzene rings is 8. The van der Waals surface area contributed by atoms with Gasteiger partial charge in [-0.25, -0.2) is 0 Å². The molecule has 0 spiro atoms. The Bertz CT molecular complexity index is 2380. The van der Waals surface area contributed by atoms with Gasteiger partial charge in [0, 0.05) is 34.7 Å². The molecule has 1 aliphatic rings. The molecule has 1 heterocycles. The van der Waals surface area contributed by atoms with Crippen LogP contribution >= 0.6 is 0 Å². The van der Waals surface area contributed by atoms with Crippen LogP contribution in [-0.4, -0.2) is 16.9 Å². The number of anilines is 2. The van der Waals surface area contributed by atoms with Gasteiger partial charge < -0.3 is 20.0 Å². The molecular weight excluding hydrogens is 576 g/mol. The second kappa shape index (κ2) is 10.7. The van der Waals surface area contributed by atoms with Crippen LogP contribution in [0, 0.1) is 0 Å². The van der Waals surface area contributed by atoms with Crippen molar-refractivity contribution >= 4 is 54.5 Å². The zero-order valence-electron chi connectivity index (χ0n) is 25.5. The lowest BCUT2D eigenvalue weighted by Gasteiger charge is -2.27. The number of nitrogens with zero attached hydrogens (tertiary/aromatic N) is 2. The molecule has 9 rings (SSSR count). The standard InChI is InChI=1S/C43H30N2O2/c46-38-23-19-30-11-3-7-15-34(30)42(38)40-32-13-5-1-9-28(32)17-21-36(40)44-25-26-45(27-44)37-22-18-29-10-2-6-14-33(29)41(37)43-35-16-8-4-12-31(35)20-24-39(43)47/h1-26,46-47H,27H2. The average molecular weight is 607 g/mol. The van der Waals surface area contributed by atoms with Crippen LogP contribution in [0.25, 0.3) is 65.3 Å². The number of hydrogen-bond donors (Lipinski definition) is 2. The molecule has 0 aromatic heterocycles. The first-order chi connectivity index (χ1) is 23.2. The molecule has 0 fully saturated rings. The van der Waals surface area contributed by atoms with Gasteiger partial charge in [-0.1, -0.05) is 121 Å². The monoisotopic (exact) mass is 606 g/mol. The van der Waals surface area contributed by atoms with Gasteiger partial charge in [-0.15, -0.1) is 0 Å². The van der Waals surface area contributed by atoms with Crippen molar-refractivity contribution < 1.29 is 10.2 Å². The van der Waals surface area contributed by atoms with Crippen molar-refractivity contribution in [3.63, 3.8) is 0 Å². The highest BCUT2D eigenvalue weighted by molar-refractivity contribution is 6.13. The first-order valence-corrected chi connectivity index (χ1v) is 15.8. The van der Waals surface area contributed by atoms with Crippen LogP contribution in [0.5, 0.6) is 11.5 Å². The van der Waals surface area contributed by atoms with Crippen LogP contribution in [0.3, 0.4) is 0 Å². The van der Waals surface area contributed by atoms with E-state index in [-0.39, 0.29) is 11.5 Å². The Kier molecular flexibility index (Phi) is 6.15. The highest BCUT2D eigenvalue weighted by atomic mass is 16.3. The molecule has 0 amide bonds. The second-order valence-corrected chi connectivity index (χ2v) is 12.1. The molecular formula is C43H30N2O2. The van der Waals surface area contributed by atoms with E-state index in [4.69, 9.17) is 0 Å². The van der Waals surface area contributed by atoms with E-state index in [0.717, 1.165) is 76.7 Å². The highest BCUT2D eigenvalue weighted by Gasteiger charge is 2.26. The van der Waals surface area contributed by atoms with Gasteiger partial charge >= 0.3 is 0 Å². The smallest absolute Gasteiger partial charge is 0.124 e. The maximum absolute atomic E-state index is 11.4. The van der Waals surface area contributed by atoms with Crippen molar-refractivity contribution in [1.29, 1.82) is 0 Å². The molecule has 224 valence electrons. The van der Waals surface area contributed by atoms with E-state index in [9.17, 15) is 10.2 Å². The Labute approximate surface area is 272 Å². The molecule has 0 aliphatic carbocycles. The molecule has 1 aliphatic heterocycles. The molecule has 0 saturated heterocycles. The summed E-state index contributed by atoms with van der Waals surface area (Å²) in [5.74, 6) is 0.508. The van der Waals surface area contributed by atoms with Crippen LogP contribution in [0.15, 0.2) is 158 Å². The van der Waals surface area contributed by atoms with Crippen molar-refractivity contribution in [2.45, 2.75) is 0 Å². The van der Waals surface area contributed by atoms with E-state index in [1.807, 2.05) is 36.4 Å². The number of rotatable bonds is 4. The van der Waals surface area contributed by atoms with Gasteiger partial charge in [0.1, 0.15) is 11.5 Å². The van der Waals surface area contributed by atoms with Gasteiger partial charge in [-0.05, 0) is 67.4 Å². The van der Waals surface area contributed by atoms with E-state index >= 15 is 0 Å². The van der Waals surface area contributed by atoms with Crippen LogP contribution in [-0.2, 0) is 0 Å². The van der Waals surface area contributed by atoms with Crippen molar-refractivity contribution in [3.05, 3.63) is 158 Å². The highest BCUT2D eigenvalue weighted by Crippen LogP contribution is 2.48. The Hall–Kier alpha value is -6.26. The first-order valence-electron chi connectivity index (χ1n) is 15.8. The van der Waals surface area contributed by atoms with Gasteiger partial charge in [0.15, 0.2) is 0 Å². The number of aromatic hydroxyl groups is 2. The normalized spacial score (nSPS) is 13.0. The van der Waals surface area contributed by atoms with Gasteiger partial charge in [0.05, 0.1) is 18.0 Å². The fraction of sp³-hybridized carbons (Fsp3) is 0.0233. The van der Waals surface area contributed by atoms with Gasteiger partial charge in [-0.2, -0.15) is 0 Å². The molecule has 47 heavy (non-hydrogen) atoms. The van der Waals surface area contributed by atoms with E-state index < -0.39 is 0 Å². The van der Waals surface area contributed by atoms with E-state index in [1.165, 1.54) is 0 Å². The topological polar surface area (TPSA) is 46.9 Å². The third-order valence-corrected chi connectivity index (χ3v) is 9.48. The third-order valence-electron chi connectivity index (χ3n) is 9.48. The number of phenolic OH excluding ortho intramolecular Hbond substituents is 2. The van der Waals surface area contributed by atoms with Crippen LogP contribution in [0.1, 0.15) is 0 Å². The third kappa shape index (κ3) is 4.30. The molecule has 0 unspecified atom stereocenters. The van der Waals surface area contributed by atoms with Crippen molar-refractivity contribution in [2.75, 3.05) is 16.5 Å². The molecule has 0 bridgehead atoms. The van der Waals surface area contributed by atoms with Gasteiger partial charge in [0.2, 0.25) is 0 Å². The summed E-state index contributed by atoms with van der Waals surface area (Å²) in [4.78, 5) is 4.48. The van der Waals surface area contributed by atoms with Crippen LogP contribution in [0.4, 0.5) is 11.4 Å². The summed E-state index contributed by atoms with van der Waals surface area (Å²) in [6.07, 6.45) is 4.22. The van der Waals surface area contributed by atoms with E-state index in [0.29, 0.717) is 6.67 Å². The molecule has 0 radical (unpaired) electrons. The summed E-state index contributed by atoms with van der Waals surface area (Å²) >= 11 is 0. The largest absolute Gasteiger partial charge is 0.507 e. The summed E-state index contributed by atoms with van der Waals surface area (Å²) in [5.41, 5.74) is 5.65. The molecule has 0 atom stereocenters. The van der Waals surface area contributed by atoms with Crippen LogP contribution < -0.4 is 9.80 Å². The number of phenols is 2. The molecule has 8 aromatic carbocycles. The molecule has 2 N–H and O–H groups in total. The van der Waals surface area contributed by atoms with Crippen molar-refractivity contribution in [1.82, 2.24) is 0 Å². The maximum atomic E-state index is 11.4. The Morgan fingerprint density at radius 2 is 0.660 bits per heavy atom. The minimum absolute atomic E-state index is 0.254. The summed E-state index contributed by atoms with van der Waals surface area (Å²) < 4.78 is 0. The Morgan fingerprint density at radius 1 is 0.340 bits per heavy atom. The second-order valence-electron chi connectivity index (χ2n) is 12.1. The van der Waals surface area contributed by atoms with Crippen molar-refractivity contribution in [2.24, 2.45) is 0 Å². The predicted molar refractivity (Wildman–Crippen MR) is 196 cm³/mol. The Morgan fingerprint density at radius 3 is 1.04 bits per heavy atom. The first kappa shape index (κ1) is 27.1. The van der Waals surface area contributed by atoms with E-state index in [2.05, 4.69) is 119 Å². The lowest BCUT2D eigenvalue weighted by Crippen LogP contribution is -2.25. The number of hydrogen-bond acceptors (Lipinski definition) is 4. The predicted octanol–water partition coefficient (Wildman–Crippen LogP) is 10.8. The molecule has 4 heteroatoms. The SMILES string of the molecule is Oc1ccc2ccccc2c1-c1c(N2C=CN(c3ccc4ccccc4c3-c3c(O)ccc4ccccc34)C2)ccc2ccccc12. The number of fused-ring (bicyclic) bond motifs is 4. The molecule has 0 saturated carbocycles. The summed E-state index contributed by atoms with van der Waals surface area (Å²) in [7, 11) is 0. The summed E-state index contributed by atoms with van der Waals surface area (Å²) in [5, 5.41) is 31.4. The van der Waals surface area contributed by atoms with E-state index in [1.54, 1.807) is 12.1 Å². The lowest BCUT2D eigenvalue weighted by molar-refractivity contribution is 0.477. The molecule has 8 aromatic rings. The molecule has 4 nitrogen and oxygen atoms in total. The minimum atomic E-state index is 0.254. The van der Waals surface area contributed by atoms with Gasteiger partial charge in [0.25, 0.3) is 0 Å². The quantitative estimate of drug-likeness (QED) is 0.209. The Balaban J connectivity index is 1.23. The minimum Gasteiger partial charge on any atom is -0.507 e. The maximum Gasteiger partial charge on any atom is 0.124 e. The lowest BCUT2D eigenvalue weighted by atomic mass is 9.91. The summed E-state index contributed by atoms with van der Waals surface area (Å²) in [6.45, 7) is 0.549. The van der Waals surface area contributed by atoms with Gasteiger partial charge in [-0.3, -0.25) is 0 Å². The van der Waals surface area contributed by atoms with Crippen LogP contribution in [0.2, 0.25) is 0 Å². The summed E-state index contributed by atoms with van der Waals surface area (Å²) in [6, 6.07) is 49.4. The zero-order chi connectivity index (χ0) is 31.5. The average Bonchev–Trinajstić information content (AvgIpc) is 3.61. The zero-order valence-corrected chi connectivity index (χ0v) is 25.5. The van der Waals surface area contributed by atoms with Crippen molar-refractivity contribution in [3.8, 4) is 33.8 Å².